The van der Waals surface area contributed by atoms with E-state index in [-0.39, 0.29) is 5.95 Å². The molecule has 1 amide bonds. The number of nitrogen functional groups attached to an aromatic ring is 1. The van der Waals surface area contributed by atoms with Crippen LogP contribution in [0.5, 0.6) is 0 Å². The second-order valence-corrected chi connectivity index (χ2v) is 4.54. The summed E-state index contributed by atoms with van der Waals surface area (Å²) < 4.78 is 0. The highest BCUT2D eigenvalue weighted by Crippen LogP contribution is 2.17. The lowest BCUT2D eigenvalue weighted by molar-refractivity contribution is -0.121. The highest BCUT2D eigenvalue weighted by molar-refractivity contribution is 5.86. The number of nitrogens with one attached hydrogen (secondary N) is 2. The average Bonchev–Trinajstić information content (AvgIpc) is 2.24. The number of hydrogen-bond donors (Lipinski definition) is 4. The number of nitrogens with two attached hydrogens (primary N) is 2. The first-order valence-electron chi connectivity index (χ1n) is 5.81. The molecule has 0 aliphatic heterocycles. The molecule has 18 heavy (non-hydrogen) atoms. The van der Waals surface area contributed by atoms with Crippen molar-refractivity contribution in [3.05, 3.63) is 6.07 Å². The topological polar surface area (TPSA) is 119 Å². The zero-order chi connectivity index (χ0) is 13.8. The Morgan fingerprint density at radius 3 is 2.56 bits per heavy atom. The van der Waals surface area contributed by atoms with Crippen LogP contribution in [-0.2, 0) is 4.79 Å². The van der Waals surface area contributed by atoms with Gasteiger partial charge in [-0.15, -0.1) is 0 Å². The van der Waals surface area contributed by atoms with E-state index in [4.69, 9.17) is 11.5 Å². The van der Waals surface area contributed by atoms with Crippen LogP contribution in [0.2, 0.25) is 0 Å². The van der Waals surface area contributed by atoms with Gasteiger partial charge in [-0.2, -0.15) is 9.97 Å². The molecule has 0 fully saturated rings. The first-order valence-corrected chi connectivity index (χ1v) is 5.81. The summed E-state index contributed by atoms with van der Waals surface area (Å²) in [6.07, 6.45) is 0.972. The van der Waals surface area contributed by atoms with E-state index in [9.17, 15) is 4.79 Å². The van der Waals surface area contributed by atoms with Crippen LogP contribution in [0.1, 0.15) is 27.2 Å². The molecule has 0 saturated carbocycles. The second kappa shape index (κ2) is 5.52. The third-order valence-electron chi connectivity index (χ3n) is 2.36. The van der Waals surface area contributed by atoms with E-state index in [0.29, 0.717) is 11.6 Å². The van der Waals surface area contributed by atoms with Crippen LogP contribution < -0.4 is 22.1 Å². The Labute approximate surface area is 106 Å². The lowest BCUT2D eigenvalue weighted by Gasteiger charge is -2.23. The first-order chi connectivity index (χ1) is 8.35. The normalized spacial score (nSPS) is 11.1. The summed E-state index contributed by atoms with van der Waals surface area (Å²) in [5, 5.41) is 6.03. The molecule has 0 bridgehead atoms. The molecule has 0 unspecified atom stereocenters. The molecule has 0 aliphatic rings. The van der Waals surface area contributed by atoms with Crippen molar-refractivity contribution in [3.8, 4) is 0 Å². The molecule has 0 atom stereocenters. The van der Waals surface area contributed by atoms with Gasteiger partial charge in [0, 0.05) is 12.6 Å². The van der Waals surface area contributed by atoms with E-state index in [2.05, 4.69) is 20.6 Å². The van der Waals surface area contributed by atoms with Gasteiger partial charge >= 0.3 is 0 Å². The molecular formula is C11H20N6O. The molecule has 0 saturated heterocycles. The SMILES string of the molecule is CCCNc1cc(NC(C)(C)C(N)=O)nc(N)n1. The largest absolute Gasteiger partial charge is 0.370 e. The predicted octanol–water partition coefficient (Wildman–Crippen LogP) is 0.557. The molecule has 1 rings (SSSR count). The van der Waals surface area contributed by atoms with Crippen molar-refractivity contribution in [2.45, 2.75) is 32.7 Å². The fraction of sp³-hybridized carbons (Fsp3) is 0.545. The van der Waals surface area contributed by atoms with E-state index >= 15 is 0 Å². The average molecular weight is 252 g/mol. The van der Waals surface area contributed by atoms with Crippen molar-refractivity contribution in [1.82, 2.24) is 9.97 Å². The standard InChI is InChI=1S/C11H20N6O/c1-4-5-14-7-6-8(16-10(13)15-7)17-11(2,3)9(12)18/h6H,4-5H2,1-3H3,(H2,12,18)(H4,13,14,15,16,17). The molecular weight excluding hydrogens is 232 g/mol. The summed E-state index contributed by atoms with van der Waals surface area (Å²) in [7, 11) is 0. The molecule has 0 aliphatic carbocycles. The van der Waals surface area contributed by atoms with Crippen molar-refractivity contribution in [2.75, 3.05) is 22.9 Å². The molecule has 1 heterocycles. The van der Waals surface area contributed by atoms with Crippen LogP contribution in [-0.4, -0.2) is 28.0 Å². The lowest BCUT2D eigenvalue weighted by Crippen LogP contribution is -2.45. The fourth-order valence-electron chi connectivity index (χ4n) is 1.26. The van der Waals surface area contributed by atoms with Crippen molar-refractivity contribution in [3.63, 3.8) is 0 Å². The van der Waals surface area contributed by atoms with Gasteiger partial charge in [0.1, 0.15) is 17.2 Å². The van der Waals surface area contributed by atoms with Gasteiger partial charge in [-0.3, -0.25) is 4.79 Å². The van der Waals surface area contributed by atoms with Gasteiger partial charge in [0.25, 0.3) is 0 Å². The zero-order valence-electron chi connectivity index (χ0n) is 10.9. The second-order valence-electron chi connectivity index (χ2n) is 4.54. The highest BCUT2D eigenvalue weighted by Gasteiger charge is 2.25. The quantitative estimate of drug-likeness (QED) is 0.587. The number of nitrogens with zero attached hydrogens (tertiary/aromatic N) is 2. The van der Waals surface area contributed by atoms with E-state index in [1.807, 2.05) is 6.92 Å². The van der Waals surface area contributed by atoms with Crippen molar-refractivity contribution < 1.29 is 4.79 Å². The fourth-order valence-corrected chi connectivity index (χ4v) is 1.26. The molecule has 1 aromatic rings. The highest BCUT2D eigenvalue weighted by atomic mass is 16.1. The Hall–Kier alpha value is -2.05. The molecule has 6 N–H and O–H groups in total. The third kappa shape index (κ3) is 3.76. The summed E-state index contributed by atoms with van der Waals surface area (Å²) in [4.78, 5) is 19.3. The van der Waals surface area contributed by atoms with Crippen LogP contribution in [0.3, 0.4) is 0 Å². The van der Waals surface area contributed by atoms with Gasteiger partial charge in [-0.25, -0.2) is 0 Å². The van der Waals surface area contributed by atoms with Crippen LogP contribution in [0.4, 0.5) is 17.6 Å². The number of amides is 1. The summed E-state index contributed by atoms with van der Waals surface area (Å²) in [5.41, 5.74) is 9.99. The summed E-state index contributed by atoms with van der Waals surface area (Å²) in [6.45, 7) is 6.18. The monoisotopic (exact) mass is 252 g/mol. The van der Waals surface area contributed by atoms with Crippen molar-refractivity contribution in [2.24, 2.45) is 5.73 Å². The van der Waals surface area contributed by atoms with Crippen molar-refractivity contribution in [1.29, 1.82) is 0 Å². The van der Waals surface area contributed by atoms with E-state index in [1.54, 1.807) is 19.9 Å². The first kappa shape index (κ1) is 14.0. The maximum absolute atomic E-state index is 11.2. The molecule has 7 heteroatoms. The van der Waals surface area contributed by atoms with Gasteiger partial charge in [0.15, 0.2) is 0 Å². The van der Waals surface area contributed by atoms with Gasteiger partial charge in [0.2, 0.25) is 11.9 Å². The van der Waals surface area contributed by atoms with E-state index in [1.165, 1.54) is 0 Å². The Morgan fingerprint density at radius 1 is 1.39 bits per heavy atom. The molecule has 0 aromatic carbocycles. The maximum Gasteiger partial charge on any atom is 0.242 e. The Bertz CT molecular complexity index is 432. The smallest absolute Gasteiger partial charge is 0.242 e. The van der Waals surface area contributed by atoms with E-state index in [0.717, 1.165) is 13.0 Å². The van der Waals surface area contributed by atoms with Crippen LogP contribution in [0, 0.1) is 0 Å². The van der Waals surface area contributed by atoms with E-state index < -0.39 is 11.4 Å². The number of anilines is 3. The predicted molar refractivity (Wildman–Crippen MR) is 72.1 cm³/mol. The lowest BCUT2D eigenvalue weighted by atomic mass is 10.1. The van der Waals surface area contributed by atoms with Crippen LogP contribution >= 0.6 is 0 Å². The van der Waals surface area contributed by atoms with Crippen LogP contribution in [0.15, 0.2) is 6.07 Å². The van der Waals surface area contributed by atoms with Crippen molar-refractivity contribution >= 4 is 23.5 Å². The number of rotatable bonds is 6. The number of primary amides is 1. The number of aromatic nitrogens is 2. The Morgan fingerprint density at radius 2 is 2.00 bits per heavy atom. The number of carbonyl (C=O) groups is 1. The zero-order valence-corrected chi connectivity index (χ0v) is 10.9. The van der Waals surface area contributed by atoms with Gasteiger partial charge in [-0.1, -0.05) is 6.92 Å². The summed E-state index contributed by atoms with van der Waals surface area (Å²) >= 11 is 0. The molecule has 0 radical (unpaired) electrons. The molecule has 1 aromatic heterocycles. The number of hydrogen-bond acceptors (Lipinski definition) is 6. The van der Waals surface area contributed by atoms with Gasteiger partial charge < -0.3 is 22.1 Å². The minimum Gasteiger partial charge on any atom is -0.370 e. The summed E-state index contributed by atoms with van der Waals surface area (Å²) in [6, 6.07) is 1.69. The Kier molecular flexibility index (Phi) is 4.30. The number of carbonyl (C=O) groups excluding carboxylic acids is 1. The Balaban J connectivity index is 2.89. The van der Waals surface area contributed by atoms with Crippen LogP contribution in [0.25, 0.3) is 0 Å². The molecule has 7 nitrogen and oxygen atoms in total. The minimum atomic E-state index is -0.900. The maximum atomic E-state index is 11.2. The molecule has 100 valence electrons. The van der Waals surface area contributed by atoms with Gasteiger partial charge in [0.05, 0.1) is 0 Å². The van der Waals surface area contributed by atoms with Gasteiger partial charge in [-0.05, 0) is 20.3 Å². The minimum absolute atomic E-state index is 0.138. The summed E-state index contributed by atoms with van der Waals surface area (Å²) in [5.74, 6) is 0.749. The molecule has 0 spiro atoms. The third-order valence-corrected chi connectivity index (χ3v) is 2.36.